The van der Waals surface area contributed by atoms with Crippen molar-refractivity contribution in [3.63, 3.8) is 0 Å². The highest BCUT2D eigenvalue weighted by Crippen LogP contribution is 2.39. The fourth-order valence-electron chi connectivity index (χ4n) is 4.80. The molecule has 0 spiro atoms. The van der Waals surface area contributed by atoms with Crippen molar-refractivity contribution in [1.29, 1.82) is 0 Å². The van der Waals surface area contributed by atoms with Gasteiger partial charge < -0.3 is 10.2 Å². The monoisotopic (exact) mass is 628 g/mol. The van der Waals surface area contributed by atoms with Gasteiger partial charge in [0.2, 0.25) is 5.91 Å². The van der Waals surface area contributed by atoms with Crippen molar-refractivity contribution >= 4 is 58.8 Å². The summed E-state index contributed by atoms with van der Waals surface area (Å²) in [4.78, 5) is 42.1. The SMILES string of the molecule is CC1(C)[C@H](N(O)C(=O)Nc2cccc(Cl)c2)N(c2cccc(Cl)c2)C(=O)N1CCCCC(=O)N/N=C/c1ccc(F)cc1. The van der Waals surface area contributed by atoms with Crippen LogP contribution in [-0.4, -0.2) is 57.6 Å². The van der Waals surface area contributed by atoms with Crippen LogP contribution >= 0.6 is 23.2 Å². The van der Waals surface area contributed by atoms with Crippen LogP contribution in [0.5, 0.6) is 0 Å². The van der Waals surface area contributed by atoms with Gasteiger partial charge in [0.1, 0.15) is 5.82 Å². The van der Waals surface area contributed by atoms with Crippen molar-refractivity contribution in [2.45, 2.75) is 44.8 Å². The molecule has 3 aromatic carbocycles. The summed E-state index contributed by atoms with van der Waals surface area (Å²) in [6.07, 6.45) is 1.33. The standard InChI is InChI=1S/C30H31Cl2FN6O4/c1-30(2)27(39(43)28(41)35-24-9-5-7-21(31)17-24)38(25-10-6-8-22(32)18-25)29(42)37(30)16-4-3-11-26(40)36-34-19-20-12-14-23(33)15-13-20/h5-10,12-15,17-19,27,43H,3-4,11,16H2,1-2H3,(H,35,41)(H,36,40)/b34-19+/t27-/m0/s1. The van der Waals surface area contributed by atoms with Gasteiger partial charge in [0.05, 0.1) is 11.8 Å². The van der Waals surface area contributed by atoms with E-state index in [9.17, 15) is 24.0 Å². The fourth-order valence-corrected chi connectivity index (χ4v) is 5.18. The number of hydrazone groups is 1. The van der Waals surface area contributed by atoms with Crippen molar-refractivity contribution in [2.75, 3.05) is 16.8 Å². The van der Waals surface area contributed by atoms with Gasteiger partial charge in [0, 0.05) is 34.4 Å². The minimum atomic E-state index is -1.14. The molecule has 1 aliphatic heterocycles. The van der Waals surface area contributed by atoms with E-state index in [0.717, 1.165) is 0 Å². The number of hydroxylamine groups is 2. The number of hydrogen-bond donors (Lipinski definition) is 3. The summed E-state index contributed by atoms with van der Waals surface area (Å²) in [7, 11) is 0. The molecule has 3 aromatic rings. The predicted molar refractivity (Wildman–Crippen MR) is 164 cm³/mol. The van der Waals surface area contributed by atoms with Gasteiger partial charge in [0.25, 0.3) is 0 Å². The molecular formula is C30H31Cl2FN6O4. The van der Waals surface area contributed by atoms with Crippen molar-refractivity contribution in [3.05, 3.63) is 94.2 Å². The summed E-state index contributed by atoms with van der Waals surface area (Å²) in [6, 6.07) is 17.4. The first-order valence-electron chi connectivity index (χ1n) is 13.5. The van der Waals surface area contributed by atoms with Crippen LogP contribution in [0.25, 0.3) is 0 Å². The van der Waals surface area contributed by atoms with Crippen LogP contribution in [0, 0.1) is 5.82 Å². The van der Waals surface area contributed by atoms with E-state index in [1.165, 1.54) is 41.4 Å². The Morgan fingerprint density at radius 2 is 1.72 bits per heavy atom. The van der Waals surface area contributed by atoms with Crippen LogP contribution in [0.15, 0.2) is 77.9 Å². The Morgan fingerprint density at radius 3 is 2.40 bits per heavy atom. The van der Waals surface area contributed by atoms with E-state index in [4.69, 9.17) is 23.2 Å². The minimum Gasteiger partial charge on any atom is -0.315 e. The van der Waals surface area contributed by atoms with Crippen LogP contribution in [0.2, 0.25) is 10.0 Å². The Bertz CT molecular complexity index is 1500. The van der Waals surface area contributed by atoms with Gasteiger partial charge in [-0.2, -0.15) is 10.2 Å². The number of hydrogen-bond acceptors (Lipinski definition) is 5. The van der Waals surface area contributed by atoms with E-state index in [-0.39, 0.29) is 24.7 Å². The van der Waals surface area contributed by atoms with Crippen molar-refractivity contribution in [1.82, 2.24) is 15.4 Å². The second kappa shape index (κ2) is 13.9. The first-order chi connectivity index (χ1) is 20.5. The number of anilines is 2. The van der Waals surface area contributed by atoms with E-state index < -0.39 is 23.8 Å². The van der Waals surface area contributed by atoms with E-state index >= 15 is 0 Å². The highest BCUT2D eigenvalue weighted by molar-refractivity contribution is 6.31. The fraction of sp³-hybridized carbons (Fsp3) is 0.267. The molecule has 1 saturated heterocycles. The zero-order valence-electron chi connectivity index (χ0n) is 23.5. The highest BCUT2D eigenvalue weighted by Gasteiger charge is 2.55. The van der Waals surface area contributed by atoms with Crippen molar-refractivity contribution in [2.24, 2.45) is 5.10 Å². The van der Waals surface area contributed by atoms with Crippen molar-refractivity contribution < 1.29 is 24.0 Å². The molecule has 0 bridgehead atoms. The van der Waals surface area contributed by atoms with E-state index in [1.807, 2.05) is 0 Å². The molecule has 0 unspecified atom stereocenters. The maximum absolute atomic E-state index is 13.8. The molecule has 0 aromatic heterocycles. The molecule has 43 heavy (non-hydrogen) atoms. The Hall–Kier alpha value is -4.19. The van der Waals surface area contributed by atoms with E-state index in [1.54, 1.807) is 61.2 Å². The summed E-state index contributed by atoms with van der Waals surface area (Å²) in [5.41, 5.74) is 2.76. The lowest BCUT2D eigenvalue weighted by Crippen LogP contribution is -2.58. The second-order valence-electron chi connectivity index (χ2n) is 10.4. The molecule has 1 fully saturated rings. The van der Waals surface area contributed by atoms with Crippen LogP contribution in [-0.2, 0) is 4.79 Å². The number of urea groups is 2. The number of carbonyl (C=O) groups excluding carboxylic acids is 3. The summed E-state index contributed by atoms with van der Waals surface area (Å²) >= 11 is 12.2. The Kier molecular flexibility index (Phi) is 10.2. The third-order valence-corrected chi connectivity index (χ3v) is 7.39. The highest BCUT2D eigenvalue weighted by atomic mass is 35.5. The lowest BCUT2D eigenvalue weighted by atomic mass is 9.99. The Labute approximate surface area is 258 Å². The predicted octanol–water partition coefficient (Wildman–Crippen LogP) is 6.72. The molecule has 0 aliphatic carbocycles. The number of nitrogens with zero attached hydrogens (tertiary/aromatic N) is 4. The molecule has 10 nitrogen and oxygen atoms in total. The molecule has 4 rings (SSSR count). The Morgan fingerprint density at radius 1 is 1.05 bits per heavy atom. The molecule has 1 aliphatic rings. The maximum Gasteiger partial charge on any atom is 0.347 e. The first-order valence-corrected chi connectivity index (χ1v) is 14.2. The lowest BCUT2D eigenvalue weighted by molar-refractivity contribution is -0.121. The zero-order chi connectivity index (χ0) is 31.1. The third kappa shape index (κ3) is 7.81. The average Bonchev–Trinajstić information content (AvgIpc) is 3.16. The quantitative estimate of drug-likeness (QED) is 0.0999. The largest absolute Gasteiger partial charge is 0.347 e. The number of nitrogens with one attached hydrogen (secondary N) is 2. The third-order valence-electron chi connectivity index (χ3n) is 6.92. The molecule has 1 heterocycles. The average molecular weight is 630 g/mol. The number of benzene rings is 3. The zero-order valence-corrected chi connectivity index (χ0v) is 25.0. The van der Waals surface area contributed by atoms with Gasteiger partial charge in [-0.05, 0) is 80.8 Å². The van der Waals surface area contributed by atoms with Crippen LogP contribution in [0.1, 0.15) is 38.7 Å². The first kappa shape index (κ1) is 31.7. The van der Waals surface area contributed by atoms with Gasteiger partial charge in [-0.3, -0.25) is 14.9 Å². The molecule has 5 amide bonds. The normalized spacial score (nSPS) is 16.0. The van der Waals surface area contributed by atoms with Crippen molar-refractivity contribution in [3.8, 4) is 0 Å². The van der Waals surface area contributed by atoms with Gasteiger partial charge in [0.15, 0.2) is 6.17 Å². The second-order valence-corrected chi connectivity index (χ2v) is 11.3. The molecule has 13 heteroatoms. The number of carbonyl (C=O) groups is 3. The van der Waals surface area contributed by atoms with Gasteiger partial charge in [-0.1, -0.05) is 47.5 Å². The topological polar surface area (TPSA) is 118 Å². The van der Waals surface area contributed by atoms with Gasteiger partial charge in [-0.15, -0.1) is 0 Å². The molecule has 3 N–H and O–H groups in total. The van der Waals surface area contributed by atoms with Crippen LogP contribution in [0.3, 0.4) is 0 Å². The Balaban J connectivity index is 1.43. The molecule has 1 atom stereocenters. The van der Waals surface area contributed by atoms with Crippen LogP contribution in [0.4, 0.5) is 25.4 Å². The molecule has 0 radical (unpaired) electrons. The van der Waals surface area contributed by atoms with Gasteiger partial charge in [-0.25, -0.2) is 19.4 Å². The van der Waals surface area contributed by atoms with E-state index in [0.29, 0.717) is 44.9 Å². The molecule has 226 valence electrons. The molecular weight excluding hydrogens is 598 g/mol. The number of halogens is 3. The number of amides is 5. The summed E-state index contributed by atoms with van der Waals surface area (Å²) < 4.78 is 13.0. The minimum absolute atomic E-state index is 0.152. The summed E-state index contributed by atoms with van der Waals surface area (Å²) in [6.45, 7) is 3.73. The number of rotatable bonds is 10. The maximum atomic E-state index is 13.8. The summed E-state index contributed by atoms with van der Waals surface area (Å²) in [5, 5.41) is 19.0. The van der Waals surface area contributed by atoms with Gasteiger partial charge >= 0.3 is 12.1 Å². The molecule has 0 saturated carbocycles. The number of unbranched alkanes of at least 4 members (excludes halogenated alkanes) is 1. The van der Waals surface area contributed by atoms with E-state index in [2.05, 4.69) is 15.8 Å². The summed E-state index contributed by atoms with van der Waals surface area (Å²) in [5.74, 6) is -0.682. The van der Waals surface area contributed by atoms with Crippen LogP contribution < -0.4 is 15.6 Å². The smallest absolute Gasteiger partial charge is 0.315 e. The lowest BCUT2D eigenvalue weighted by Gasteiger charge is -2.38.